The summed E-state index contributed by atoms with van der Waals surface area (Å²) in [5, 5.41) is 3.91. The van der Waals surface area contributed by atoms with Gasteiger partial charge < -0.3 is 10.2 Å². The van der Waals surface area contributed by atoms with Crippen molar-refractivity contribution >= 4 is 15.9 Å². The molecule has 110 valence electrons. The predicted molar refractivity (Wildman–Crippen MR) is 87.9 cm³/mol. The second kappa shape index (κ2) is 6.59. The van der Waals surface area contributed by atoms with Crippen molar-refractivity contribution < 1.29 is 0 Å². The van der Waals surface area contributed by atoms with Crippen LogP contribution in [0.5, 0.6) is 0 Å². The molecule has 0 radical (unpaired) electrons. The fourth-order valence-corrected chi connectivity index (χ4v) is 4.07. The highest BCUT2D eigenvalue weighted by molar-refractivity contribution is 9.10. The van der Waals surface area contributed by atoms with Crippen LogP contribution in [0.25, 0.3) is 0 Å². The fraction of sp³-hybridized carbons (Fsp3) is 0.647. The van der Waals surface area contributed by atoms with Gasteiger partial charge in [0.15, 0.2) is 0 Å². The van der Waals surface area contributed by atoms with Crippen molar-refractivity contribution in [2.75, 3.05) is 13.1 Å². The second-order valence-corrected chi connectivity index (χ2v) is 7.15. The summed E-state index contributed by atoms with van der Waals surface area (Å²) in [6.45, 7) is 4.91. The van der Waals surface area contributed by atoms with Crippen LogP contribution in [-0.4, -0.2) is 30.1 Å². The summed E-state index contributed by atoms with van der Waals surface area (Å²) in [7, 11) is 0. The van der Waals surface area contributed by atoms with Crippen molar-refractivity contribution in [2.24, 2.45) is 0 Å². The van der Waals surface area contributed by atoms with Gasteiger partial charge in [-0.25, -0.2) is 0 Å². The highest BCUT2D eigenvalue weighted by atomic mass is 79.9. The Labute approximate surface area is 131 Å². The van der Waals surface area contributed by atoms with Gasteiger partial charge in [-0.15, -0.1) is 0 Å². The van der Waals surface area contributed by atoms with Crippen molar-refractivity contribution in [3.8, 4) is 0 Å². The Kier molecular flexibility index (Phi) is 4.79. The van der Waals surface area contributed by atoms with Gasteiger partial charge in [0.05, 0.1) is 0 Å². The first kappa shape index (κ1) is 14.6. The number of fused-ring (bicyclic) bond motifs is 1. The molecule has 3 atom stereocenters. The number of nitrogens with zero attached hydrogens (tertiary/aromatic N) is 1. The minimum absolute atomic E-state index is 0.501. The Balaban J connectivity index is 1.61. The molecule has 2 aliphatic heterocycles. The number of benzene rings is 1. The second-order valence-electron chi connectivity index (χ2n) is 6.23. The summed E-state index contributed by atoms with van der Waals surface area (Å²) in [6, 6.07) is 10.8. The number of halogens is 1. The smallest absolute Gasteiger partial charge is 0.0320 e. The average Bonchev–Trinajstić information content (AvgIpc) is 2.93. The molecule has 3 heteroatoms. The lowest BCUT2D eigenvalue weighted by molar-refractivity contribution is 0.160. The molecule has 0 spiro atoms. The third kappa shape index (κ3) is 3.26. The van der Waals surface area contributed by atoms with Crippen LogP contribution in [0.2, 0.25) is 0 Å². The third-order valence-corrected chi connectivity index (χ3v) is 5.47. The SMILES string of the molecule is CCC(NC1CCN2CCCC2C1)c1ccc(Br)cc1. The van der Waals surface area contributed by atoms with Crippen molar-refractivity contribution in [3.05, 3.63) is 34.3 Å². The first-order valence-electron chi connectivity index (χ1n) is 8.02. The topological polar surface area (TPSA) is 15.3 Å². The highest BCUT2D eigenvalue weighted by Gasteiger charge is 2.32. The minimum Gasteiger partial charge on any atom is -0.307 e. The van der Waals surface area contributed by atoms with Crippen LogP contribution in [0.4, 0.5) is 0 Å². The Morgan fingerprint density at radius 1 is 1.25 bits per heavy atom. The molecular formula is C17H25BrN2. The summed E-state index contributed by atoms with van der Waals surface area (Å²) < 4.78 is 1.16. The van der Waals surface area contributed by atoms with E-state index >= 15 is 0 Å². The molecule has 2 fully saturated rings. The number of rotatable bonds is 4. The van der Waals surface area contributed by atoms with Crippen LogP contribution in [0.3, 0.4) is 0 Å². The normalized spacial score (nSPS) is 28.3. The molecule has 1 aromatic rings. The van der Waals surface area contributed by atoms with Gasteiger partial charge in [-0.05, 0) is 62.9 Å². The zero-order chi connectivity index (χ0) is 13.9. The molecule has 0 aliphatic carbocycles. The van der Waals surface area contributed by atoms with E-state index in [0.717, 1.165) is 16.9 Å². The predicted octanol–water partition coefficient (Wildman–Crippen LogP) is 4.12. The molecule has 2 saturated heterocycles. The standard InChI is InChI=1S/C17H25BrN2/c1-2-17(13-5-7-14(18)8-6-13)19-15-9-11-20-10-3-4-16(20)12-15/h5-8,15-17,19H,2-4,9-12H2,1H3. The van der Waals surface area contributed by atoms with Crippen LogP contribution in [0.15, 0.2) is 28.7 Å². The molecule has 1 aromatic carbocycles. The van der Waals surface area contributed by atoms with Crippen molar-refractivity contribution in [1.29, 1.82) is 0 Å². The molecule has 2 heterocycles. The molecule has 0 saturated carbocycles. The van der Waals surface area contributed by atoms with E-state index in [-0.39, 0.29) is 0 Å². The van der Waals surface area contributed by atoms with E-state index < -0.39 is 0 Å². The Bertz CT molecular complexity index is 431. The van der Waals surface area contributed by atoms with Crippen LogP contribution in [0.1, 0.15) is 50.6 Å². The van der Waals surface area contributed by atoms with Crippen molar-refractivity contribution in [2.45, 2.75) is 57.2 Å². The molecule has 1 N–H and O–H groups in total. The number of hydrogen-bond donors (Lipinski definition) is 1. The van der Waals surface area contributed by atoms with E-state index in [1.807, 2.05) is 0 Å². The maximum absolute atomic E-state index is 3.91. The molecule has 0 bridgehead atoms. The van der Waals surface area contributed by atoms with E-state index in [0.29, 0.717) is 12.1 Å². The molecule has 3 unspecified atom stereocenters. The summed E-state index contributed by atoms with van der Waals surface area (Å²) >= 11 is 3.52. The number of hydrogen-bond acceptors (Lipinski definition) is 2. The zero-order valence-corrected chi connectivity index (χ0v) is 13.9. The van der Waals surface area contributed by atoms with Crippen LogP contribution < -0.4 is 5.32 Å². The maximum Gasteiger partial charge on any atom is 0.0320 e. The molecule has 2 nitrogen and oxygen atoms in total. The molecule has 20 heavy (non-hydrogen) atoms. The highest BCUT2D eigenvalue weighted by Crippen LogP contribution is 2.29. The zero-order valence-electron chi connectivity index (χ0n) is 12.3. The summed E-state index contributed by atoms with van der Waals surface area (Å²) in [5.74, 6) is 0. The van der Waals surface area contributed by atoms with Crippen LogP contribution in [-0.2, 0) is 0 Å². The lowest BCUT2D eigenvalue weighted by atomic mass is 9.95. The monoisotopic (exact) mass is 336 g/mol. The Morgan fingerprint density at radius 3 is 2.80 bits per heavy atom. The van der Waals surface area contributed by atoms with Gasteiger partial charge in [-0.1, -0.05) is 35.0 Å². The van der Waals surface area contributed by atoms with Gasteiger partial charge in [0, 0.05) is 22.6 Å². The lowest BCUT2D eigenvalue weighted by Crippen LogP contribution is -2.46. The Hall–Kier alpha value is -0.380. The van der Waals surface area contributed by atoms with Gasteiger partial charge in [0.2, 0.25) is 0 Å². The van der Waals surface area contributed by atoms with Gasteiger partial charge in [-0.3, -0.25) is 0 Å². The van der Waals surface area contributed by atoms with E-state index in [4.69, 9.17) is 0 Å². The van der Waals surface area contributed by atoms with Crippen LogP contribution >= 0.6 is 15.9 Å². The summed E-state index contributed by atoms with van der Waals surface area (Å²) in [5.41, 5.74) is 1.42. The molecule has 3 rings (SSSR count). The maximum atomic E-state index is 3.91. The molecule has 0 aromatic heterocycles. The quantitative estimate of drug-likeness (QED) is 0.889. The summed E-state index contributed by atoms with van der Waals surface area (Å²) in [6.07, 6.45) is 6.62. The van der Waals surface area contributed by atoms with Gasteiger partial charge in [0.25, 0.3) is 0 Å². The number of nitrogens with one attached hydrogen (secondary N) is 1. The van der Waals surface area contributed by atoms with E-state index in [1.165, 1.54) is 44.3 Å². The number of piperidine rings is 1. The van der Waals surface area contributed by atoms with Gasteiger partial charge in [0.1, 0.15) is 0 Å². The lowest BCUT2D eigenvalue weighted by Gasteiger charge is -2.37. The van der Waals surface area contributed by atoms with Crippen molar-refractivity contribution in [3.63, 3.8) is 0 Å². The first-order chi connectivity index (χ1) is 9.76. The largest absolute Gasteiger partial charge is 0.307 e. The van der Waals surface area contributed by atoms with Gasteiger partial charge in [-0.2, -0.15) is 0 Å². The molecule has 0 amide bonds. The van der Waals surface area contributed by atoms with E-state index in [1.54, 1.807) is 0 Å². The van der Waals surface area contributed by atoms with E-state index in [2.05, 4.69) is 57.3 Å². The van der Waals surface area contributed by atoms with Crippen LogP contribution in [0, 0.1) is 0 Å². The average molecular weight is 337 g/mol. The first-order valence-corrected chi connectivity index (χ1v) is 8.81. The summed E-state index contributed by atoms with van der Waals surface area (Å²) in [4.78, 5) is 2.69. The Morgan fingerprint density at radius 2 is 2.05 bits per heavy atom. The third-order valence-electron chi connectivity index (χ3n) is 4.94. The molecule has 2 aliphatic rings. The van der Waals surface area contributed by atoms with E-state index in [9.17, 15) is 0 Å². The molecular weight excluding hydrogens is 312 g/mol. The van der Waals surface area contributed by atoms with Gasteiger partial charge >= 0.3 is 0 Å². The fourth-order valence-electron chi connectivity index (χ4n) is 3.81. The van der Waals surface area contributed by atoms with Crippen molar-refractivity contribution in [1.82, 2.24) is 10.2 Å². The minimum atomic E-state index is 0.501.